The van der Waals surface area contributed by atoms with Crippen LogP contribution in [0.1, 0.15) is 13.3 Å². The van der Waals surface area contributed by atoms with Gasteiger partial charge in [-0.3, -0.25) is 4.79 Å². The second-order valence-electron chi connectivity index (χ2n) is 4.37. The second-order valence-corrected chi connectivity index (χ2v) is 4.78. The lowest BCUT2D eigenvalue weighted by molar-refractivity contribution is -0.118. The molecular formula is C13H19ClN2O3. The number of benzene rings is 1. The first kappa shape index (κ1) is 15.8. The van der Waals surface area contributed by atoms with E-state index in [1.807, 2.05) is 6.92 Å². The van der Waals surface area contributed by atoms with Gasteiger partial charge in [0.2, 0.25) is 5.91 Å². The van der Waals surface area contributed by atoms with E-state index in [9.17, 15) is 9.90 Å². The van der Waals surface area contributed by atoms with E-state index in [1.54, 1.807) is 24.3 Å². The minimum absolute atomic E-state index is 0.0764. The molecule has 6 heteroatoms. The van der Waals surface area contributed by atoms with Crippen LogP contribution in [0.4, 0.5) is 0 Å². The number of halogens is 1. The molecule has 106 valence electrons. The lowest BCUT2D eigenvalue weighted by Crippen LogP contribution is -2.38. The van der Waals surface area contributed by atoms with E-state index in [0.29, 0.717) is 17.3 Å². The number of hydrogen-bond acceptors (Lipinski definition) is 4. The number of ether oxygens (including phenoxy) is 1. The smallest absolute Gasteiger partial charge is 0.218 e. The SMILES string of the molecule is CC(CC(N)=O)NCC(O)COc1ccccc1Cl. The highest BCUT2D eigenvalue weighted by Crippen LogP contribution is 2.22. The molecular weight excluding hydrogens is 268 g/mol. The molecule has 0 saturated heterocycles. The number of carbonyl (C=O) groups is 1. The molecule has 19 heavy (non-hydrogen) atoms. The molecule has 0 heterocycles. The summed E-state index contributed by atoms with van der Waals surface area (Å²) in [6, 6.07) is 6.99. The lowest BCUT2D eigenvalue weighted by Gasteiger charge is -2.17. The molecule has 1 aromatic rings. The Morgan fingerprint density at radius 3 is 2.84 bits per heavy atom. The van der Waals surface area contributed by atoms with E-state index in [0.717, 1.165) is 0 Å². The largest absolute Gasteiger partial charge is 0.489 e. The van der Waals surface area contributed by atoms with Gasteiger partial charge in [0.1, 0.15) is 18.5 Å². The number of carbonyl (C=O) groups excluding carboxylic acids is 1. The fourth-order valence-corrected chi connectivity index (χ4v) is 1.71. The molecule has 2 atom stereocenters. The summed E-state index contributed by atoms with van der Waals surface area (Å²) >= 11 is 5.92. The Hall–Kier alpha value is -1.30. The maximum absolute atomic E-state index is 10.7. The average Bonchev–Trinajstić information content (AvgIpc) is 2.34. The first-order valence-corrected chi connectivity index (χ1v) is 6.44. The Kier molecular flexibility index (Phi) is 6.62. The number of nitrogens with two attached hydrogens (primary N) is 1. The number of rotatable bonds is 8. The summed E-state index contributed by atoms with van der Waals surface area (Å²) in [5.41, 5.74) is 5.07. The van der Waals surface area contributed by atoms with Crippen molar-refractivity contribution >= 4 is 17.5 Å². The predicted molar refractivity (Wildman–Crippen MR) is 74.2 cm³/mol. The highest BCUT2D eigenvalue weighted by Gasteiger charge is 2.10. The van der Waals surface area contributed by atoms with Crippen molar-refractivity contribution in [2.75, 3.05) is 13.2 Å². The Morgan fingerprint density at radius 2 is 2.21 bits per heavy atom. The Morgan fingerprint density at radius 1 is 1.53 bits per heavy atom. The van der Waals surface area contributed by atoms with Crippen molar-refractivity contribution in [3.63, 3.8) is 0 Å². The van der Waals surface area contributed by atoms with E-state index in [-0.39, 0.29) is 25.0 Å². The molecule has 0 fully saturated rings. The Balaban J connectivity index is 2.26. The zero-order valence-electron chi connectivity index (χ0n) is 10.8. The van der Waals surface area contributed by atoms with Crippen LogP contribution in [-0.4, -0.2) is 36.3 Å². The number of aliphatic hydroxyl groups excluding tert-OH is 1. The Bertz CT molecular complexity index is 415. The molecule has 1 amide bonds. The standard InChI is InChI=1S/C13H19ClN2O3/c1-9(6-13(15)18)16-7-10(17)8-19-12-5-3-2-4-11(12)14/h2-5,9-10,16-17H,6-8H2,1H3,(H2,15,18). The van der Waals surface area contributed by atoms with Gasteiger partial charge in [-0.2, -0.15) is 0 Å². The summed E-state index contributed by atoms with van der Waals surface area (Å²) in [6.45, 7) is 2.27. The van der Waals surface area contributed by atoms with Crippen molar-refractivity contribution in [1.82, 2.24) is 5.32 Å². The van der Waals surface area contributed by atoms with Crippen LogP contribution in [0.25, 0.3) is 0 Å². The first-order chi connectivity index (χ1) is 8.99. The van der Waals surface area contributed by atoms with Crippen molar-refractivity contribution in [3.8, 4) is 5.75 Å². The maximum Gasteiger partial charge on any atom is 0.218 e. The predicted octanol–water partition coefficient (Wildman–Crippen LogP) is 0.933. The van der Waals surface area contributed by atoms with E-state index in [2.05, 4.69) is 5.32 Å². The second kappa shape index (κ2) is 7.99. The third-order valence-corrected chi connectivity index (χ3v) is 2.79. The van der Waals surface area contributed by atoms with Crippen LogP contribution >= 0.6 is 11.6 Å². The highest BCUT2D eigenvalue weighted by molar-refractivity contribution is 6.32. The van der Waals surface area contributed by atoms with Gasteiger partial charge in [0, 0.05) is 19.0 Å². The molecule has 0 aliphatic carbocycles. The van der Waals surface area contributed by atoms with Crippen LogP contribution in [0.3, 0.4) is 0 Å². The summed E-state index contributed by atoms with van der Waals surface area (Å²) in [4.78, 5) is 10.7. The lowest BCUT2D eigenvalue weighted by atomic mass is 10.2. The molecule has 0 aliphatic rings. The molecule has 0 aromatic heterocycles. The average molecular weight is 287 g/mol. The molecule has 0 saturated carbocycles. The summed E-state index contributed by atoms with van der Waals surface area (Å²) in [7, 11) is 0. The van der Waals surface area contributed by atoms with Gasteiger partial charge < -0.3 is 20.9 Å². The zero-order valence-corrected chi connectivity index (χ0v) is 11.6. The van der Waals surface area contributed by atoms with Crippen LogP contribution in [0.2, 0.25) is 5.02 Å². The molecule has 2 unspecified atom stereocenters. The molecule has 0 spiro atoms. The van der Waals surface area contributed by atoms with Crippen molar-refractivity contribution < 1.29 is 14.6 Å². The van der Waals surface area contributed by atoms with Gasteiger partial charge in [-0.15, -0.1) is 0 Å². The molecule has 0 radical (unpaired) electrons. The summed E-state index contributed by atoms with van der Waals surface area (Å²) in [5.74, 6) is 0.162. The van der Waals surface area contributed by atoms with Gasteiger partial charge >= 0.3 is 0 Å². The molecule has 1 aromatic carbocycles. The van der Waals surface area contributed by atoms with Crippen molar-refractivity contribution in [1.29, 1.82) is 0 Å². The summed E-state index contributed by atoms with van der Waals surface area (Å²) in [6.07, 6.45) is -0.454. The van der Waals surface area contributed by atoms with Gasteiger partial charge in [0.25, 0.3) is 0 Å². The van der Waals surface area contributed by atoms with Gasteiger partial charge in [-0.05, 0) is 19.1 Å². The Labute approximate surface area is 117 Å². The number of hydrogen-bond donors (Lipinski definition) is 3. The van der Waals surface area contributed by atoms with Gasteiger partial charge in [-0.1, -0.05) is 23.7 Å². The number of nitrogens with one attached hydrogen (secondary N) is 1. The van der Waals surface area contributed by atoms with Crippen molar-refractivity contribution in [2.45, 2.75) is 25.5 Å². The van der Waals surface area contributed by atoms with E-state index in [1.165, 1.54) is 0 Å². The molecule has 4 N–H and O–H groups in total. The first-order valence-electron chi connectivity index (χ1n) is 6.06. The normalized spacial score (nSPS) is 13.8. The third kappa shape index (κ3) is 6.42. The molecule has 1 rings (SSSR count). The summed E-state index contributed by atoms with van der Waals surface area (Å²) in [5, 5.41) is 13.2. The molecule has 0 aliphatic heterocycles. The monoisotopic (exact) mass is 286 g/mol. The number of aliphatic hydroxyl groups is 1. The zero-order chi connectivity index (χ0) is 14.3. The van der Waals surface area contributed by atoms with Crippen LogP contribution in [-0.2, 0) is 4.79 Å². The number of para-hydroxylation sites is 1. The minimum Gasteiger partial charge on any atom is -0.489 e. The number of amides is 1. The van der Waals surface area contributed by atoms with Crippen LogP contribution < -0.4 is 15.8 Å². The maximum atomic E-state index is 10.7. The summed E-state index contributed by atoms with van der Waals surface area (Å²) < 4.78 is 5.40. The third-order valence-electron chi connectivity index (χ3n) is 2.48. The highest BCUT2D eigenvalue weighted by atomic mass is 35.5. The fraction of sp³-hybridized carbons (Fsp3) is 0.462. The minimum atomic E-state index is -0.688. The van der Waals surface area contributed by atoms with Gasteiger partial charge in [0.15, 0.2) is 0 Å². The molecule has 0 bridgehead atoms. The van der Waals surface area contributed by atoms with Crippen LogP contribution in [0.15, 0.2) is 24.3 Å². The van der Waals surface area contributed by atoms with Crippen LogP contribution in [0, 0.1) is 0 Å². The fourth-order valence-electron chi connectivity index (χ4n) is 1.52. The van der Waals surface area contributed by atoms with Gasteiger partial charge in [0.05, 0.1) is 5.02 Å². The van der Waals surface area contributed by atoms with Gasteiger partial charge in [-0.25, -0.2) is 0 Å². The van der Waals surface area contributed by atoms with Crippen LogP contribution in [0.5, 0.6) is 5.75 Å². The van der Waals surface area contributed by atoms with Crippen molar-refractivity contribution in [3.05, 3.63) is 29.3 Å². The van der Waals surface area contributed by atoms with E-state index < -0.39 is 6.10 Å². The molecule has 5 nitrogen and oxygen atoms in total. The van der Waals surface area contributed by atoms with E-state index in [4.69, 9.17) is 22.1 Å². The van der Waals surface area contributed by atoms with E-state index >= 15 is 0 Å². The quantitative estimate of drug-likeness (QED) is 0.664. The number of primary amides is 1. The topological polar surface area (TPSA) is 84.6 Å². The van der Waals surface area contributed by atoms with Crippen molar-refractivity contribution in [2.24, 2.45) is 5.73 Å².